The average Bonchev–Trinajstić information content (AvgIpc) is 2.65. The molecule has 6 heteroatoms. The molecule has 1 aromatic heterocycles. The monoisotopic (exact) mass is 369 g/mol. The Kier molecular flexibility index (Phi) is 5.45. The third kappa shape index (κ3) is 4.33. The second-order valence-electron chi connectivity index (χ2n) is 8.20. The van der Waals surface area contributed by atoms with Crippen molar-refractivity contribution in [2.45, 2.75) is 38.9 Å². The number of aromatic nitrogens is 2. The molecular weight excluding hydrogens is 338 g/mol. The minimum atomic E-state index is 0.196. The predicted octanol–water partition coefficient (Wildman–Crippen LogP) is 3.00. The maximum atomic E-state index is 5.92. The molecule has 0 saturated carbocycles. The van der Waals surface area contributed by atoms with Crippen molar-refractivity contribution in [3.05, 3.63) is 24.3 Å². The van der Waals surface area contributed by atoms with Crippen LogP contribution in [0.4, 0.5) is 11.6 Å². The molecular formula is C21H31N5O. The number of likely N-dealkylation sites (tertiary alicyclic amines) is 1. The van der Waals surface area contributed by atoms with E-state index >= 15 is 0 Å². The fourth-order valence-corrected chi connectivity index (χ4v) is 4.36. The van der Waals surface area contributed by atoms with E-state index in [-0.39, 0.29) is 12.2 Å². The summed E-state index contributed by atoms with van der Waals surface area (Å²) in [6.07, 6.45) is 2.94. The Bertz CT molecular complexity index is 772. The van der Waals surface area contributed by atoms with Crippen LogP contribution in [0, 0.1) is 5.92 Å². The maximum Gasteiger partial charge on any atom is 0.172 e. The van der Waals surface area contributed by atoms with Crippen LogP contribution in [0.25, 0.3) is 11.0 Å². The molecule has 6 nitrogen and oxygen atoms in total. The van der Waals surface area contributed by atoms with Crippen molar-refractivity contribution in [2.24, 2.45) is 5.92 Å². The number of rotatable bonds is 4. The number of morpholine rings is 1. The van der Waals surface area contributed by atoms with Crippen LogP contribution in [0.5, 0.6) is 0 Å². The van der Waals surface area contributed by atoms with Crippen LogP contribution >= 0.6 is 0 Å². The zero-order valence-corrected chi connectivity index (χ0v) is 16.7. The molecule has 0 radical (unpaired) electrons. The third-order valence-electron chi connectivity index (χ3n) is 5.55. The van der Waals surface area contributed by atoms with Crippen LogP contribution in [-0.2, 0) is 4.74 Å². The largest absolute Gasteiger partial charge is 0.372 e. The lowest BCUT2D eigenvalue weighted by Gasteiger charge is -2.37. The van der Waals surface area contributed by atoms with Crippen molar-refractivity contribution < 1.29 is 4.74 Å². The maximum absolute atomic E-state index is 5.92. The molecule has 0 aliphatic carbocycles. The quantitative estimate of drug-likeness (QED) is 0.894. The zero-order valence-electron chi connectivity index (χ0n) is 16.7. The van der Waals surface area contributed by atoms with Gasteiger partial charge in [-0.3, -0.25) is 0 Å². The molecule has 3 atom stereocenters. The van der Waals surface area contributed by atoms with Gasteiger partial charge in [0, 0.05) is 26.2 Å². The summed E-state index contributed by atoms with van der Waals surface area (Å²) in [5, 5.41) is 3.64. The van der Waals surface area contributed by atoms with Crippen molar-refractivity contribution in [3.63, 3.8) is 0 Å². The number of benzene rings is 1. The van der Waals surface area contributed by atoms with E-state index in [2.05, 4.69) is 36.0 Å². The number of para-hydroxylation sites is 2. The van der Waals surface area contributed by atoms with E-state index in [1.54, 1.807) is 0 Å². The summed E-state index contributed by atoms with van der Waals surface area (Å²) < 4.78 is 5.92. The van der Waals surface area contributed by atoms with E-state index in [4.69, 9.17) is 14.7 Å². The predicted molar refractivity (Wildman–Crippen MR) is 110 cm³/mol. The SMILES string of the molecule is CC1CN(c2nc3ccccc3nc2NCC2CCCN(C)C2)CC(C)O1. The number of nitrogens with zero attached hydrogens (tertiary/aromatic N) is 4. The Labute approximate surface area is 161 Å². The van der Waals surface area contributed by atoms with Crippen molar-refractivity contribution in [1.29, 1.82) is 0 Å². The summed E-state index contributed by atoms with van der Waals surface area (Å²) >= 11 is 0. The summed E-state index contributed by atoms with van der Waals surface area (Å²) in [6.45, 7) is 9.25. The molecule has 3 unspecified atom stereocenters. The van der Waals surface area contributed by atoms with E-state index in [1.807, 2.05) is 24.3 Å². The highest BCUT2D eigenvalue weighted by Gasteiger charge is 2.26. The Balaban J connectivity index is 1.60. The number of hydrogen-bond acceptors (Lipinski definition) is 6. The van der Waals surface area contributed by atoms with E-state index in [0.717, 1.165) is 48.8 Å². The van der Waals surface area contributed by atoms with E-state index in [0.29, 0.717) is 5.92 Å². The molecule has 4 rings (SSSR count). The summed E-state index contributed by atoms with van der Waals surface area (Å²) in [5.74, 6) is 2.52. The fourth-order valence-electron chi connectivity index (χ4n) is 4.36. The van der Waals surface area contributed by atoms with Gasteiger partial charge in [-0.2, -0.15) is 0 Å². The topological polar surface area (TPSA) is 53.5 Å². The molecule has 146 valence electrons. The van der Waals surface area contributed by atoms with Crippen molar-refractivity contribution in [3.8, 4) is 0 Å². The fraction of sp³-hybridized carbons (Fsp3) is 0.619. The molecule has 2 saturated heterocycles. The molecule has 2 fully saturated rings. The standard InChI is InChI=1S/C21H31N5O/c1-15-12-26(13-16(2)27-15)21-20(22-11-17-7-6-10-25(3)14-17)23-18-8-4-5-9-19(18)24-21/h4-5,8-9,15-17H,6-7,10-14H2,1-3H3,(H,22,23). The minimum absolute atomic E-state index is 0.196. The number of nitrogens with one attached hydrogen (secondary N) is 1. The van der Waals surface area contributed by atoms with Gasteiger partial charge < -0.3 is 19.9 Å². The first kappa shape index (κ1) is 18.4. The Morgan fingerprint density at radius 2 is 1.78 bits per heavy atom. The number of ether oxygens (including phenoxy) is 1. The molecule has 2 aromatic rings. The molecule has 0 spiro atoms. The van der Waals surface area contributed by atoms with E-state index in [1.165, 1.54) is 19.4 Å². The van der Waals surface area contributed by atoms with Crippen LogP contribution in [-0.4, -0.2) is 66.8 Å². The molecule has 0 amide bonds. The molecule has 0 bridgehead atoms. The molecule has 1 aromatic carbocycles. The lowest BCUT2D eigenvalue weighted by Crippen LogP contribution is -2.46. The number of piperidine rings is 1. The Morgan fingerprint density at radius 1 is 1.07 bits per heavy atom. The summed E-state index contributed by atoms with van der Waals surface area (Å²) in [5.41, 5.74) is 1.89. The van der Waals surface area contributed by atoms with Crippen LogP contribution in [0.3, 0.4) is 0 Å². The lowest BCUT2D eigenvalue weighted by molar-refractivity contribution is -0.00541. The van der Waals surface area contributed by atoms with E-state index < -0.39 is 0 Å². The van der Waals surface area contributed by atoms with Crippen LogP contribution in [0.1, 0.15) is 26.7 Å². The smallest absolute Gasteiger partial charge is 0.172 e. The average molecular weight is 370 g/mol. The molecule has 2 aliphatic rings. The highest BCUT2D eigenvalue weighted by atomic mass is 16.5. The Morgan fingerprint density at radius 3 is 2.48 bits per heavy atom. The molecule has 2 aliphatic heterocycles. The molecule has 1 N–H and O–H groups in total. The first-order valence-electron chi connectivity index (χ1n) is 10.2. The van der Waals surface area contributed by atoms with Crippen molar-refractivity contribution >= 4 is 22.7 Å². The van der Waals surface area contributed by atoms with Crippen LogP contribution < -0.4 is 10.2 Å². The number of hydrogen-bond donors (Lipinski definition) is 1. The zero-order chi connectivity index (χ0) is 18.8. The van der Waals surface area contributed by atoms with Gasteiger partial charge in [-0.1, -0.05) is 12.1 Å². The van der Waals surface area contributed by atoms with Gasteiger partial charge in [0.25, 0.3) is 0 Å². The summed E-state index contributed by atoms with van der Waals surface area (Å²) in [7, 11) is 2.21. The normalized spacial score (nSPS) is 27.1. The van der Waals surface area contributed by atoms with Gasteiger partial charge in [-0.05, 0) is 58.3 Å². The minimum Gasteiger partial charge on any atom is -0.372 e. The van der Waals surface area contributed by atoms with Crippen LogP contribution in [0.2, 0.25) is 0 Å². The van der Waals surface area contributed by atoms with Gasteiger partial charge in [-0.25, -0.2) is 9.97 Å². The molecule has 27 heavy (non-hydrogen) atoms. The number of anilines is 2. The lowest BCUT2D eigenvalue weighted by atomic mass is 9.98. The molecule has 3 heterocycles. The Hall–Kier alpha value is -1.92. The highest BCUT2D eigenvalue weighted by Crippen LogP contribution is 2.28. The number of fused-ring (bicyclic) bond motifs is 1. The van der Waals surface area contributed by atoms with Crippen molar-refractivity contribution in [2.75, 3.05) is 50.0 Å². The summed E-state index contributed by atoms with van der Waals surface area (Å²) in [4.78, 5) is 14.7. The third-order valence-corrected chi connectivity index (χ3v) is 5.55. The first-order chi connectivity index (χ1) is 13.1. The van der Waals surface area contributed by atoms with Gasteiger partial charge in [0.05, 0.1) is 23.2 Å². The second kappa shape index (κ2) is 7.98. The van der Waals surface area contributed by atoms with Gasteiger partial charge in [0.2, 0.25) is 0 Å². The van der Waals surface area contributed by atoms with Crippen molar-refractivity contribution in [1.82, 2.24) is 14.9 Å². The van der Waals surface area contributed by atoms with Crippen LogP contribution in [0.15, 0.2) is 24.3 Å². The van der Waals surface area contributed by atoms with Gasteiger partial charge in [0.15, 0.2) is 11.6 Å². The summed E-state index contributed by atoms with van der Waals surface area (Å²) in [6, 6.07) is 8.13. The first-order valence-corrected chi connectivity index (χ1v) is 10.2. The van der Waals surface area contributed by atoms with Gasteiger partial charge in [-0.15, -0.1) is 0 Å². The van der Waals surface area contributed by atoms with Gasteiger partial charge >= 0.3 is 0 Å². The van der Waals surface area contributed by atoms with E-state index in [9.17, 15) is 0 Å². The second-order valence-corrected chi connectivity index (χ2v) is 8.20. The highest BCUT2D eigenvalue weighted by molar-refractivity contribution is 5.80. The van der Waals surface area contributed by atoms with Gasteiger partial charge in [0.1, 0.15) is 0 Å².